The summed E-state index contributed by atoms with van der Waals surface area (Å²) in [6.45, 7) is 6.04. The highest BCUT2D eigenvalue weighted by atomic mass is 32.2. The summed E-state index contributed by atoms with van der Waals surface area (Å²) in [7, 11) is 5.41. The number of hydrogen-bond donors (Lipinski definition) is 1. The topological polar surface area (TPSA) is 83.0 Å². The number of anilines is 1. The first-order chi connectivity index (χ1) is 14.3. The van der Waals surface area contributed by atoms with Crippen LogP contribution >= 0.6 is 24.0 Å². The van der Waals surface area contributed by atoms with Gasteiger partial charge in [-0.3, -0.25) is 19.1 Å². The molecule has 2 saturated heterocycles. The maximum atomic E-state index is 12.9. The van der Waals surface area contributed by atoms with Crippen LogP contribution < -0.4 is 15.4 Å². The average Bonchev–Trinajstić information content (AvgIpc) is 2.99. The molecule has 3 heterocycles. The van der Waals surface area contributed by atoms with Crippen molar-refractivity contribution in [1.82, 2.24) is 9.47 Å². The SMILES string of the molecule is COCCN1C(=O)/C(=C/c2c(C)c(C#N)c(=O)n(C)c2N2CC[NH+](C)CC2)SC1=S. The number of thioether (sulfide) groups is 1. The summed E-state index contributed by atoms with van der Waals surface area (Å²) in [6, 6.07) is 2.03. The third-order valence-corrected chi connectivity index (χ3v) is 6.93. The van der Waals surface area contributed by atoms with E-state index in [0.717, 1.165) is 37.6 Å². The molecule has 1 aromatic rings. The van der Waals surface area contributed by atoms with E-state index < -0.39 is 0 Å². The van der Waals surface area contributed by atoms with E-state index in [-0.39, 0.29) is 17.0 Å². The third-order valence-electron chi connectivity index (χ3n) is 5.55. The number of pyridine rings is 1. The second-order valence-corrected chi connectivity index (χ2v) is 9.16. The Kier molecular flexibility index (Phi) is 6.98. The molecule has 2 aliphatic heterocycles. The Bertz CT molecular complexity index is 1000. The maximum absolute atomic E-state index is 12.9. The molecule has 0 unspecified atom stereocenters. The fourth-order valence-electron chi connectivity index (χ4n) is 3.70. The first-order valence-corrected chi connectivity index (χ1v) is 11.0. The van der Waals surface area contributed by atoms with Gasteiger partial charge in [0.25, 0.3) is 11.5 Å². The number of carbonyl (C=O) groups is 1. The van der Waals surface area contributed by atoms with Gasteiger partial charge in [-0.15, -0.1) is 0 Å². The second kappa shape index (κ2) is 9.31. The predicted molar refractivity (Wildman–Crippen MR) is 122 cm³/mol. The van der Waals surface area contributed by atoms with Crippen molar-refractivity contribution in [3.63, 3.8) is 0 Å². The Morgan fingerprint density at radius 3 is 2.60 bits per heavy atom. The van der Waals surface area contributed by atoms with Crippen molar-refractivity contribution in [2.24, 2.45) is 7.05 Å². The lowest BCUT2D eigenvalue weighted by Gasteiger charge is -2.34. The van der Waals surface area contributed by atoms with Gasteiger partial charge in [-0.1, -0.05) is 24.0 Å². The van der Waals surface area contributed by atoms with Crippen LogP contribution in [0, 0.1) is 18.3 Å². The van der Waals surface area contributed by atoms with Crippen molar-refractivity contribution in [2.75, 3.05) is 58.4 Å². The van der Waals surface area contributed by atoms with Crippen molar-refractivity contribution in [1.29, 1.82) is 5.26 Å². The van der Waals surface area contributed by atoms with Crippen molar-refractivity contribution < 1.29 is 14.4 Å². The molecule has 1 N–H and O–H groups in total. The number of amides is 1. The highest BCUT2D eigenvalue weighted by molar-refractivity contribution is 8.26. The molecule has 160 valence electrons. The molecular formula is C20H26N5O3S2+. The normalized spacial score (nSPS) is 19.1. The molecule has 0 radical (unpaired) electrons. The minimum Gasteiger partial charge on any atom is -0.383 e. The molecule has 3 rings (SSSR count). The molecule has 10 heteroatoms. The van der Waals surface area contributed by atoms with E-state index in [0.29, 0.717) is 27.9 Å². The van der Waals surface area contributed by atoms with E-state index in [4.69, 9.17) is 17.0 Å². The van der Waals surface area contributed by atoms with Gasteiger partial charge in [-0.05, 0) is 18.6 Å². The van der Waals surface area contributed by atoms with Gasteiger partial charge in [0.05, 0.1) is 51.3 Å². The summed E-state index contributed by atoms with van der Waals surface area (Å²) in [5.41, 5.74) is 1.09. The molecule has 8 nitrogen and oxygen atoms in total. The molecule has 0 bridgehead atoms. The lowest BCUT2D eigenvalue weighted by molar-refractivity contribution is -0.880. The molecule has 1 aromatic heterocycles. The number of methoxy groups -OCH3 is 1. The first kappa shape index (κ1) is 22.5. The molecule has 0 aromatic carbocycles. The number of thiocarbonyl (C=S) groups is 1. The summed E-state index contributed by atoms with van der Waals surface area (Å²) in [5, 5.41) is 9.56. The fraction of sp³-hybridized carbons (Fsp3) is 0.500. The Morgan fingerprint density at radius 1 is 1.33 bits per heavy atom. The van der Waals surface area contributed by atoms with Gasteiger partial charge < -0.3 is 14.5 Å². The van der Waals surface area contributed by atoms with Gasteiger partial charge in [-0.2, -0.15) is 5.26 Å². The fourth-order valence-corrected chi connectivity index (χ4v) is 4.99. The van der Waals surface area contributed by atoms with Crippen LogP contribution in [0.4, 0.5) is 5.82 Å². The number of carbonyl (C=O) groups excluding carboxylic acids is 1. The summed E-state index contributed by atoms with van der Waals surface area (Å²) in [5.74, 6) is 0.564. The molecule has 2 aliphatic rings. The van der Waals surface area contributed by atoms with E-state index in [1.54, 1.807) is 27.2 Å². The highest BCUT2D eigenvalue weighted by Crippen LogP contribution is 2.35. The van der Waals surface area contributed by atoms with E-state index in [2.05, 4.69) is 11.9 Å². The molecule has 1 amide bonds. The van der Waals surface area contributed by atoms with E-state index in [1.807, 2.05) is 6.07 Å². The van der Waals surface area contributed by atoms with Gasteiger partial charge in [0.2, 0.25) is 0 Å². The molecule has 0 atom stereocenters. The second-order valence-electron chi connectivity index (χ2n) is 7.48. The number of rotatable bonds is 5. The molecule has 0 aliphatic carbocycles. The smallest absolute Gasteiger partial charge is 0.270 e. The number of piperazine rings is 1. The van der Waals surface area contributed by atoms with Crippen LogP contribution in [-0.2, 0) is 16.6 Å². The van der Waals surface area contributed by atoms with E-state index in [1.165, 1.54) is 26.1 Å². The van der Waals surface area contributed by atoms with Crippen LogP contribution in [-0.4, -0.2) is 73.2 Å². The number of hydrogen-bond acceptors (Lipinski definition) is 7. The Morgan fingerprint density at radius 2 is 2.00 bits per heavy atom. The molecule has 2 fully saturated rings. The first-order valence-electron chi connectivity index (χ1n) is 9.74. The minimum absolute atomic E-state index is 0.0992. The average molecular weight is 449 g/mol. The molecule has 0 saturated carbocycles. The number of aromatic nitrogens is 1. The largest absolute Gasteiger partial charge is 0.383 e. The van der Waals surface area contributed by atoms with Crippen molar-refractivity contribution in [3.8, 4) is 6.07 Å². The standard InChI is InChI=1S/C20H25N5O3S2/c1-13-14(11-16-19(27)25(9-10-28-4)20(29)30-16)17(23(3)18(26)15(13)12-21)24-7-5-22(2)6-8-24/h11H,5-10H2,1-4H3/p+1/b16-11-. The Hall–Kier alpha value is -2.19. The van der Waals surface area contributed by atoms with Crippen molar-refractivity contribution >= 4 is 46.1 Å². The third kappa shape index (κ3) is 4.16. The number of nitrogens with one attached hydrogen (secondary N) is 1. The van der Waals surface area contributed by atoms with Crippen molar-refractivity contribution in [3.05, 3.63) is 31.9 Å². The quantitative estimate of drug-likeness (QED) is 0.491. The zero-order valence-corrected chi connectivity index (χ0v) is 19.3. The number of nitrogens with zero attached hydrogens (tertiary/aromatic N) is 4. The highest BCUT2D eigenvalue weighted by Gasteiger charge is 2.33. The summed E-state index contributed by atoms with van der Waals surface area (Å²) in [6.07, 6.45) is 1.78. The van der Waals surface area contributed by atoms with Crippen LogP contribution in [0.5, 0.6) is 0 Å². The van der Waals surface area contributed by atoms with Crippen LogP contribution in [0.3, 0.4) is 0 Å². The minimum atomic E-state index is -0.318. The number of nitriles is 1. The monoisotopic (exact) mass is 448 g/mol. The van der Waals surface area contributed by atoms with Gasteiger partial charge in [0, 0.05) is 19.7 Å². The lowest BCUT2D eigenvalue weighted by Crippen LogP contribution is -3.12. The number of ether oxygens (including phenoxy) is 1. The summed E-state index contributed by atoms with van der Waals surface area (Å²) < 4.78 is 7.09. The summed E-state index contributed by atoms with van der Waals surface area (Å²) >= 11 is 6.61. The van der Waals surface area contributed by atoms with Gasteiger partial charge in [0.15, 0.2) is 0 Å². The number of quaternary nitrogens is 1. The lowest BCUT2D eigenvalue weighted by atomic mass is 10.0. The van der Waals surface area contributed by atoms with E-state index in [9.17, 15) is 14.9 Å². The Balaban J connectivity index is 2.12. The summed E-state index contributed by atoms with van der Waals surface area (Å²) in [4.78, 5) is 31.3. The predicted octanol–water partition coefficient (Wildman–Crippen LogP) is -0.252. The van der Waals surface area contributed by atoms with Crippen LogP contribution in [0.2, 0.25) is 0 Å². The van der Waals surface area contributed by atoms with Crippen LogP contribution in [0.1, 0.15) is 16.7 Å². The molecular weight excluding hydrogens is 422 g/mol. The Labute approximate surface area is 185 Å². The van der Waals surface area contributed by atoms with Gasteiger partial charge >= 0.3 is 0 Å². The van der Waals surface area contributed by atoms with E-state index >= 15 is 0 Å². The van der Waals surface area contributed by atoms with Crippen molar-refractivity contribution in [2.45, 2.75) is 6.92 Å². The molecule has 30 heavy (non-hydrogen) atoms. The maximum Gasteiger partial charge on any atom is 0.270 e. The number of likely N-dealkylation sites (N-methyl/N-ethyl adjacent to an activating group) is 1. The zero-order valence-electron chi connectivity index (χ0n) is 17.7. The van der Waals surface area contributed by atoms with Crippen LogP contribution in [0.15, 0.2) is 9.70 Å². The van der Waals surface area contributed by atoms with Crippen LogP contribution in [0.25, 0.3) is 6.08 Å². The zero-order chi connectivity index (χ0) is 22.0. The van der Waals surface area contributed by atoms with Gasteiger partial charge in [0.1, 0.15) is 21.8 Å². The van der Waals surface area contributed by atoms with Gasteiger partial charge in [-0.25, -0.2) is 0 Å². The molecule has 0 spiro atoms.